The van der Waals surface area contributed by atoms with Crippen molar-refractivity contribution in [1.29, 1.82) is 0 Å². The summed E-state index contributed by atoms with van der Waals surface area (Å²) in [6, 6.07) is 14.6. The van der Waals surface area contributed by atoms with Gasteiger partial charge in [0.1, 0.15) is 11.4 Å². The van der Waals surface area contributed by atoms with Crippen LogP contribution in [0.4, 0.5) is 11.6 Å². The minimum Gasteiger partial charge on any atom is -0.497 e. The second-order valence-electron chi connectivity index (χ2n) is 5.89. The van der Waals surface area contributed by atoms with Crippen LogP contribution in [0.2, 0.25) is 5.02 Å². The molecule has 0 bridgehead atoms. The maximum absolute atomic E-state index is 12.4. The van der Waals surface area contributed by atoms with Crippen molar-refractivity contribution >= 4 is 29.1 Å². The van der Waals surface area contributed by atoms with E-state index in [0.717, 1.165) is 16.9 Å². The van der Waals surface area contributed by atoms with Gasteiger partial charge in [0.2, 0.25) is 5.95 Å². The van der Waals surface area contributed by atoms with E-state index in [-0.39, 0.29) is 11.6 Å². The van der Waals surface area contributed by atoms with Crippen LogP contribution in [-0.4, -0.2) is 23.0 Å². The predicted octanol–water partition coefficient (Wildman–Crippen LogP) is 4.31. The van der Waals surface area contributed by atoms with Crippen LogP contribution in [0.3, 0.4) is 0 Å². The predicted molar refractivity (Wildman–Crippen MR) is 106 cm³/mol. The monoisotopic (exact) mass is 382 g/mol. The molecule has 0 aliphatic rings. The van der Waals surface area contributed by atoms with E-state index in [1.165, 1.54) is 0 Å². The highest BCUT2D eigenvalue weighted by Crippen LogP contribution is 2.20. The Labute approximate surface area is 162 Å². The summed E-state index contributed by atoms with van der Waals surface area (Å²) in [5.41, 5.74) is 2.87. The maximum Gasteiger partial charge on any atom is 0.274 e. The second kappa shape index (κ2) is 8.51. The van der Waals surface area contributed by atoms with Crippen LogP contribution in [0.5, 0.6) is 5.75 Å². The number of carbonyl (C=O) groups excluding carboxylic acids is 1. The Morgan fingerprint density at radius 2 is 1.93 bits per heavy atom. The highest BCUT2D eigenvalue weighted by molar-refractivity contribution is 6.31. The third kappa shape index (κ3) is 4.95. The van der Waals surface area contributed by atoms with Crippen LogP contribution < -0.4 is 15.4 Å². The van der Waals surface area contributed by atoms with Gasteiger partial charge in [-0.1, -0.05) is 29.8 Å². The molecule has 0 spiro atoms. The number of aryl methyl sites for hydroxylation is 1. The molecule has 6 nitrogen and oxygen atoms in total. The molecule has 0 aliphatic heterocycles. The molecule has 0 unspecified atom stereocenters. The molecular formula is C20H19ClN4O2. The van der Waals surface area contributed by atoms with Crippen molar-refractivity contribution < 1.29 is 9.53 Å². The molecule has 1 aromatic heterocycles. The van der Waals surface area contributed by atoms with Crippen LogP contribution >= 0.6 is 11.6 Å². The fourth-order valence-corrected chi connectivity index (χ4v) is 2.54. The molecule has 0 aliphatic carbocycles. The van der Waals surface area contributed by atoms with Gasteiger partial charge in [-0.15, -0.1) is 0 Å². The number of benzene rings is 2. The molecule has 0 saturated heterocycles. The first-order valence-electron chi connectivity index (χ1n) is 8.32. The summed E-state index contributed by atoms with van der Waals surface area (Å²) in [5.74, 6) is 0.843. The lowest BCUT2D eigenvalue weighted by Crippen LogP contribution is -2.15. The normalized spacial score (nSPS) is 10.3. The smallest absolute Gasteiger partial charge is 0.274 e. The van der Waals surface area contributed by atoms with Gasteiger partial charge in [0.15, 0.2) is 0 Å². The fourth-order valence-electron chi connectivity index (χ4n) is 2.36. The lowest BCUT2D eigenvalue weighted by atomic mass is 10.2. The first kappa shape index (κ1) is 18.7. The van der Waals surface area contributed by atoms with Gasteiger partial charge in [-0.2, -0.15) is 0 Å². The Bertz CT molecular complexity index is 945. The molecule has 2 aromatic carbocycles. The standard InChI is InChI=1S/C20H19ClN4O2/c1-13-3-6-15(11-17(13)21)24-19(26)18-9-10-22-20(25-18)23-12-14-4-7-16(27-2)8-5-14/h3-11H,12H2,1-2H3,(H,24,26)(H,22,23,25). The number of carbonyl (C=O) groups is 1. The van der Waals surface area contributed by atoms with E-state index in [2.05, 4.69) is 20.6 Å². The summed E-state index contributed by atoms with van der Waals surface area (Å²) in [6.45, 7) is 2.43. The van der Waals surface area contributed by atoms with Gasteiger partial charge in [0.25, 0.3) is 5.91 Å². The van der Waals surface area contributed by atoms with E-state index < -0.39 is 0 Å². The Morgan fingerprint density at radius 1 is 1.15 bits per heavy atom. The van der Waals surface area contributed by atoms with E-state index in [1.807, 2.05) is 37.3 Å². The zero-order chi connectivity index (χ0) is 19.2. The summed E-state index contributed by atoms with van der Waals surface area (Å²) in [7, 11) is 1.63. The molecule has 0 fully saturated rings. The number of nitrogens with zero attached hydrogens (tertiary/aromatic N) is 2. The second-order valence-corrected chi connectivity index (χ2v) is 6.29. The molecule has 0 atom stereocenters. The number of anilines is 2. The highest BCUT2D eigenvalue weighted by Gasteiger charge is 2.10. The van der Waals surface area contributed by atoms with Crippen LogP contribution in [0.25, 0.3) is 0 Å². The molecule has 1 heterocycles. The number of methoxy groups -OCH3 is 1. The maximum atomic E-state index is 12.4. The van der Waals surface area contributed by atoms with Crippen LogP contribution in [0.1, 0.15) is 21.6 Å². The van der Waals surface area contributed by atoms with Crippen molar-refractivity contribution in [3.05, 3.63) is 76.6 Å². The Balaban J connectivity index is 1.65. The summed E-state index contributed by atoms with van der Waals surface area (Å²) in [5, 5.41) is 6.49. The number of hydrogen-bond acceptors (Lipinski definition) is 5. The topological polar surface area (TPSA) is 76.1 Å². The van der Waals surface area contributed by atoms with Gasteiger partial charge >= 0.3 is 0 Å². The average Bonchev–Trinajstić information content (AvgIpc) is 2.70. The van der Waals surface area contributed by atoms with Gasteiger partial charge < -0.3 is 15.4 Å². The number of hydrogen-bond donors (Lipinski definition) is 2. The van der Waals surface area contributed by atoms with Crippen LogP contribution in [0.15, 0.2) is 54.7 Å². The third-order valence-electron chi connectivity index (χ3n) is 3.93. The van der Waals surface area contributed by atoms with Crippen LogP contribution in [-0.2, 0) is 6.54 Å². The first-order valence-corrected chi connectivity index (χ1v) is 8.70. The van der Waals surface area contributed by atoms with Crippen molar-refractivity contribution in [2.45, 2.75) is 13.5 Å². The molecule has 0 radical (unpaired) electrons. The lowest BCUT2D eigenvalue weighted by Gasteiger charge is -2.09. The molecule has 3 aromatic rings. The van der Waals surface area contributed by atoms with Crippen molar-refractivity contribution in [3.63, 3.8) is 0 Å². The summed E-state index contributed by atoms with van der Waals surface area (Å²) >= 11 is 6.09. The third-order valence-corrected chi connectivity index (χ3v) is 4.33. The fraction of sp³-hybridized carbons (Fsp3) is 0.150. The van der Waals surface area contributed by atoms with Gasteiger partial charge in [-0.05, 0) is 48.4 Å². The van der Waals surface area contributed by atoms with Crippen molar-refractivity contribution in [2.75, 3.05) is 17.7 Å². The first-order chi connectivity index (χ1) is 13.0. The minimum absolute atomic E-state index is 0.263. The van der Waals surface area contributed by atoms with E-state index in [1.54, 1.807) is 31.5 Å². The van der Waals surface area contributed by atoms with Gasteiger partial charge in [0.05, 0.1) is 7.11 Å². The van der Waals surface area contributed by atoms with Crippen molar-refractivity contribution in [2.24, 2.45) is 0 Å². The van der Waals surface area contributed by atoms with Gasteiger partial charge in [0, 0.05) is 23.5 Å². The van der Waals surface area contributed by atoms with Crippen molar-refractivity contribution in [3.8, 4) is 5.75 Å². The van der Waals surface area contributed by atoms with E-state index >= 15 is 0 Å². The van der Waals surface area contributed by atoms with E-state index in [4.69, 9.17) is 16.3 Å². The minimum atomic E-state index is -0.329. The quantitative estimate of drug-likeness (QED) is 0.664. The molecular weight excluding hydrogens is 364 g/mol. The lowest BCUT2D eigenvalue weighted by molar-refractivity contribution is 0.102. The molecule has 7 heteroatoms. The van der Waals surface area contributed by atoms with Crippen LogP contribution in [0, 0.1) is 6.92 Å². The average molecular weight is 383 g/mol. The summed E-state index contributed by atoms with van der Waals surface area (Å²) in [6.07, 6.45) is 1.54. The van der Waals surface area contributed by atoms with Gasteiger partial charge in [-0.25, -0.2) is 9.97 Å². The molecule has 0 saturated carbocycles. The summed E-state index contributed by atoms with van der Waals surface area (Å²) < 4.78 is 5.14. The number of halogens is 1. The zero-order valence-electron chi connectivity index (χ0n) is 15.0. The molecule has 138 valence electrons. The van der Waals surface area contributed by atoms with Gasteiger partial charge in [-0.3, -0.25) is 4.79 Å². The molecule has 3 rings (SSSR count). The highest BCUT2D eigenvalue weighted by atomic mass is 35.5. The Kier molecular flexibility index (Phi) is 5.88. The SMILES string of the molecule is COc1ccc(CNc2nccc(C(=O)Nc3ccc(C)c(Cl)c3)n2)cc1. The zero-order valence-corrected chi connectivity index (χ0v) is 15.7. The number of nitrogens with one attached hydrogen (secondary N) is 2. The molecule has 2 N–H and O–H groups in total. The molecule has 1 amide bonds. The van der Waals surface area contributed by atoms with Crippen molar-refractivity contribution in [1.82, 2.24) is 9.97 Å². The summed E-state index contributed by atoms with van der Waals surface area (Å²) in [4.78, 5) is 20.8. The Hall–Kier alpha value is -3.12. The number of rotatable bonds is 6. The molecule has 27 heavy (non-hydrogen) atoms. The number of ether oxygens (including phenoxy) is 1. The number of amides is 1. The Morgan fingerprint density at radius 3 is 2.63 bits per heavy atom. The number of aromatic nitrogens is 2. The largest absolute Gasteiger partial charge is 0.497 e. The van der Waals surface area contributed by atoms with E-state index in [9.17, 15) is 4.79 Å². The van der Waals surface area contributed by atoms with E-state index in [0.29, 0.717) is 23.2 Å².